The maximum absolute atomic E-state index is 13.6. The van der Waals surface area contributed by atoms with Gasteiger partial charge in [0.15, 0.2) is 12.6 Å². The molecule has 0 aromatic rings. The van der Waals surface area contributed by atoms with Gasteiger partial charge in [-0.15, -0.1) is 0 Å². The number of hydrogen-bond donors (Lipinski definition) is 14. The number of carbonyl (C=O) groups is 3. The summed E-state index contributed by atoms with van der Waals surface area (Å²) in [5.41, 5.74) is 0. The average molecular weight is 1590 g/mol. The summed E-state index contributed by atoms with van der Waals surface area (Å²) in [4.78, 5) is 38.8. The first-order valence-corrected chi connectivity index (χ1v) is 45.6. The molecule has 3 aliphatic rings. The number of carboxylic acid groups (broad SMARTS) is 1. The van der Waals surface area contributed by atoms with Gasteiger partial charge in [-0.05, 0) is 19.3 Å². The molecular weight excluding hydrogens is 1420 g/mol. The van der Waals surface area contributed by atoms with Gasteiger partial charge in [-0.2, -0.15) is 0 Å². The van der Waals surface area contributed by atoms with Crippen LogP contribution < -0.4 is 10.6 Å². The molecule has 3 heterocycles. The predicted molar refractivity (Wildman–Crippen MR) is 435 cm³/mol. The topological polar surface area (TPSA) is 373 Å². The molecule has 3 rings (SSSR count). The normalized spacial score (nSPS) is 25.5. The standard InChI is InChI=1S/C88H166N2O21/c1-4-6-8-10-12-14-16-18-20-22-24-26-28-30-31-32-33-34-35-36-37-38-40-42-44-46-48-50-52-54-56-58-60-62-75(98)90-69(70(95)61-59-57-55-53-51-49-47-45-43-41-39-29-27-25-23-21-19-17-15-13-11-9-7-5-2)67-106-85-80(102)79(101)82(74(66-93)108-85)109-86-81(103)84(78(100)73(65-92)107-86)111-88(87(104)105)63-71(96)76(89-68(3)94)83(110-88)77(99)72(97)64-91/h59,61,69-74,76-86,91-93,95-97,99-103H,4-58,60,62-67H2,1-3H3,(H,89,94)(H,90,98)(H,104,105)/b61-59+. The van der Waals surface area contributed by atoms with Crippen molar-refractivity contribution in [3.05, 3.63) is 12.2 Å². The molecule has 0 spiro atoms. The maximum atomic E-state index is 13.6. The zero-order chi connectivity index (χ0) is 81.0. The van der Waals surface area contributed by atoms with Crippen LogP contribution in [0.25, 0.3) is 0 Å². The van der Waals surface area contributed by atoms with E-state index in [0.717, 1.165) is 51.9 Å². The van der Waals surface area contributed by atoms with Gasteiger partial charge in [-0.3, -0.25) is 9.59 Å². The van der Waals surface area contributed by atoms with E-state index < -0.39 is 155 Å². The molecule has 0 bridgehead atoms. The van der Waals surface area contributed by atoms with Crippen LogP contribution in [-0.2, 0) is 42.8 Å². The van der Waals surface area contributed by atoms with E-state index >= 15 is 0 Å². The van der Waals surface area contributed by atoms with E-state index in [1.807, 2.05) is 6.08 Å². The molecule has 111 heavy (non-hydrogen) atoms. The number of rotatable bonds is 74. The summed E-state index contributed by atoms with van der Waals surface area (Å²) in [6, 6.07) is -2.62. The molecule has 654 valence electrons. The number of amides is 2. The molecule has 3 saturated heterocycles. The molecule has 14 N–H and O–H groups in total. The van der Waals surface area contributed by atoms with Crippen molar-refractivity contribution in [1.29, 1.82) is 0 Å². The fourth-order valence-electron chi connectivity index (χ4n) is 16.1. The number of aliphatic hydroxyl groups excluding tert-OH is 11. The Hall–Kier alpha value is -2.53. The van der Waals surface area contributed by atoms with Gasteiger partial charge in [0.2, 0.25) is 11.8 Å². The van der Waals surface area contributed by atoms with Gasteiger partial charge in [-0.1, -0.05) is 366 Å². The second kappa shape index (κ2) is 66.4. The van der Waals surface area contributed by atoms with Crippen LogP contribution in [0.15, 0.2) is 12.2 Å². The Morgan fingerprint density at radius 1 is 0.468 bits per heavy atom. The number of carbonyl (C=O) groups excluding carboxylic acids is 2. The van der Waals surface area contributed by atoms with E-state index in [9.17, 15) is 75.7 Å². The third kappa shape index (κ3) is 45.3. The van der Waals surface area contributed by atoms with Crippen LogP contribution in [0.2, 0.25) is 0 Å². The van der Waals surface area contributed by atoms with Crippen LogP contribution in [-0.4, -0.2) is 215 Å². The van der Waals surface area contributed by atoms with Crippen LogP contribution in [0, 0.1) is 0 Å². The van der Waals surface area contributed by atoms with Crippen molar-refractivity contribution in [1.82, 2.24) is 10.6 Å². The Balaban J connectivity index is 1.45. The average Bonchev–Trinajstić information content (AvgIpc) is 0.753. The largest absolute Gasteiger partial charge is 0.477 e. The molecule has 18 atom stereocenters. The molecule has 0 aromatic carbocycles. The third-order valence-electron chi connectivity index (χ3n) is 23.2. The predicted octanol–water partition coefficient (Wildman–Crippen LogP) is 14.5. The highest BCUT2D eigenvalue weighted by atomic mass is 16.8. The quantitative estimate of drug-likeness (QED) is 0.0199. The van der Waals surface area contributed by atoms with Crippen molar-refractivity contribution in [2.75, 3.05) is 26.4 Å². The number of carboxylic acids is 1. The van der Waals surface area contributed by atoms with E-state index in [1.54, 1.807) is 6.08 Å². The number of unbranched alkanes of at least 4 members (excludes halogenated alkanes) is 54. The fraction of sp³-hybridized carbons (Fsp3) is 0.943. The lowest BCUT2D eigenvalue weighted by Crippen LogP contribution is -2.70. The molecule has 0 radical (unpaired) electrons. The van der Waals surface area contributed by atoms with E-state index in [4.69, 9.17) is 28.4 Å². The lowest BCUT2D eigenvalue weighted by molar-refractivity contribution is -0.386. The lowest BCUT2D eigenvalue weighted by Gasteiger charge is -2.50. The zero-order valence-corrected chi connectivity index (χ0v) is 69.9. The number of aliphatic carboxylic acids is 1. The van der Waals surface area contributed by atoms with Gasteiger partial charge in [0.1, 0.15) is 67.1 Å². The minimum absolute atomic E-state index is 0.206. The monoisotopic (exact) mass is 1590 g/mol. The number of hydrogen-bond acceptors (Lipinski definition) is 20. The summed E-state index contributed by atoms with van der Waals surface area (Å²) < 4.78 is 35.0. The molecule has 3 aliphatic heterocycles. The van der Waals surface area contributed by atoms with Crippen LogP contribution in [0.3, 0.4) is 0 Å². The van der Waals surface area contributed by atoms with E-state index in [-0.39, 0.29) is 12.3 Å². The first-order valence-electron chi connectivity index (χ1n) is 45.6. The Kier molecular flexibility index (Phi) is 61.4. The Morgan fingerprint density at radius 2 is 0.838 bits per heavy atom. The van der Waals surface area contributed by atoms with E-state index in [1.165, 1.54) is 302 Å². The number of ether oxygens (including phenoxy) is 6. The minimum Gasteiger partial charge on any atom is -0.477 e. The Morgan fingerprint density at radius 3 is 1.20 bits per heavy atom. The highest BCUT2D eigenvalue weighted by Crippen LogP contribution is 2.39. The number of allylic oxidation sites excluding steroid dienone is 1. The van der Waals surface area contributed by atoms with Gasteiger partial charge < -0.3 is 100 Å². The van der Waals surface area contributed by atoms with Crippen molar-refractivity contribution in [2.24, 2.45) is 0 Å². The Bertz CT molecular complexity index is 2240. The Labute approximate surface area is 671 Å². The molecule has 0 aliphatic carbocycles. The van der Waals surface area contributed by atoms with Crippen molar-refractivity contribution in [3.63, 3.8) is 0 Å². The molecule has 0 aromatic heterocycles. The zero-order valence-electron chi connectivity index (χ0n) is 69.9. The molecule has 3 fully saturated rings. The van der Waals surface area contributed by atoms with Crippen molar-refractivity contribution in [2.45, 2.75) is 503 Å². The summed E-state index contributed by atoms with van der Waals surface area (Å²) in [5.74, 6) is -6.13. The highest BCUT2D eigenvalue weighted by molar-refractivity contribution is 5.77. The molecule has 2 amide bonds. The summed E-state index contributed by atoms with van der Waals surface area (Å²) in [5, 5.41) is 137. The van der Waals surface area contributed by atoms with E-state index in [0.29, 0.717) is 12.8 Å². The summed E-state index contributed by atoms with van der Waals surface area (Å²) in [6.45, 7) is 2.22. The molecular formula is C88H166N2O21. The summed E-state index contributed by atoms with van der Waals surface area (Å²) in [7, 11) is 0. The van der Waals surface area contributed by atoms with Crippen LogP contribution in [0.5, 0.6) is 0 Å². The first-order chi connectivity index (χ1) is 53.9. The maximum Gasteiger partial charge on any atom is 0.364 e. The minimum atomic E-state index is -3.08. The first kappa shape index (κ1) is 103. The lowest BCUT2D eigenvalue weighted by atomic mass is 9.88. The third-order valence-corrected chi connectivity index (χ3v) is 23.2. The fourth-order valence-corrected chi connectivity index (χ4v) is 16.1. The van der Waals surface area contributed by atoms with Crippen molar-refractivity contribution < 1.29 is 104 Å². The molecule has 23 heteroatoms. The second-order valence-electron chi connectivity index (χ2n) is 33.2. The van der Waals surface area contributed by atoms with Crippen LogP contribution in [0.4, 0.5) is 0 Å². The highest BCUT2D eigenvalue weighted by Gasteiger charge is 2.60. The van der Waals surface area contributed by atoms with E-state index in [2.05, 4.69) is 24.5 Å². The van der Waals surface area contributed by atoms with Gasteiger partial charge in [-0.25, -0.2) is 4.79 Å². The molecule has 23 nitrogen and oxygen atoms in total. The van der Waals surface area contributed by atoms with Crippen LogP contribution in [0.1, 0.15) is 393 Å². The van der Waals surface area contributed by atoms with Gasteiger partial charge in [0.05, 0.1) is 50.7 Å². The van der Waals surface area contributed by atoms with Crippen molar-refractivity contribution in [3.8, 4) is 0 Å². The number of nitrogens with one attached hydrogen (secondary N) is 2. The summed E-state index contributed by atoms with van der Waals surface area (Å²) >= 11 is 0. The SMILES string of the molecule is CCCCCCCCCCCCCCCCCCCCCCCC/C=C/C(O)C(COC1OC(CO)C(OC2OC(CO)C(O)C(OC3(C(=O)O)CC(O)C(NC(C)=O)C(C(O)C(O)CO)O3)C2O)C(O)C1O)NC(=O)CCCCCCCCCCCCCCCCCCCCCCCCCCCCCCCCCCC. The van der Waals surface area contributed by atoms with Gasteiger partial charge in [0, 0.05) is 19.8 Å². The van der Waals surface area contributed by atoms with Gasteiger partial charge in [0.25, 0.3) is 5.79 Å². The van der Waals surface area contributed by atoms with Gasteiger partial charge >= 0.3 is 5.97 Å². The smallest absolute Gasteiger partial charge is 0.364 e. The second-order valence-corrected chi connectivity index (χ2v) is 33.2. The summed E-state index contributed by atoms with van der Waals surface area (Å²) in [6.07, 6.45) is 46.9. The molecule has 18 unspecified atom stereocenters. The van der Waals surface area contributed by atoms with Crippen molar-refractivity contribution >= 4 is 17.8 Å². The van der Waals surface area contributed by atoms with Crippen LogP contribution >= 0.6 is 0 Å². The number of aliphatic hydroxyl groups is 11. The molecule has 0 saturated carbocycles.